The van der Waals surface area contributed by atoms with Gasteiger partial charge in [-0.15, -0.1) is 0 Å². The van der Waals surface area contributed by atoms with E-state index in [1.54, 1.807) is 5.48 Å². The van der Waals surface area contributed by atoms with Gasteiger partial charge in [0.2, 0.25) is 23.8 Å². The standard InChI is InChI=1S/C27H46N6O6/c1-4-6-7-10-19(17-23(34)30-39)26(36)32-21(11-8-14-28-32)25(35)29-24(18(3)5-2)20-13-16-31-15-9-12-22(27(37)38)33(20)31/h13,16,18-22,24,28,39H,4-12,14-15,17H2,1-3H3,(H,29,35)(H,30,34)(H,37,38)/p+1. The first-order valence-corrected chi connectivity index (χ1v) is 14.6. The van der Waals surface area contributed by atoms with Crippen molar-refractivity contribution < 1.29 is 34.5 Å². The molecule has 2 saturated heterocycles. The molecule has 0 aromatic carbocycles. The van der Waals surface area contributed by atoms with Gasteiger partial charge < -0.3 is 10.4 Å². The monoisotopic (exact) mass is 551 g/mol. The first-order valence-electron chi connectivity index (χ1n) is 14.6. The normalized spacial score (nSPS) is 26.9. The summed E-state index contributed by atoms with van der Waals surface area (Å²) in [6.07, 6.45) is 10.3. The fraction of sp³-hybridized carbons (Fsp3) is 0.778. The van der Waals surface area contributed by atoms with Crippen LogP contribution in [0.3, 0.4) is 0 Å². The Labute approximate surface area is 231 Å². The Balaban J connectivity index is 1.80. The predicted octanol–water partition coefficient (Wildman–Crippen LogP) is 0.350. The average molecular weight is 552 g/mol. The summed E-state index contributed by atoms with van der Waals surface area (Å²) in [5.41, 5.74) is 4.71. The van der Waals surface area contributed by atoms with Crippen LogP contribution in [0.1, 0.15) is 85.0 Å². The number of carboxylic acids is 1. The summed E-state index contributed by atoms with van der Waals surface area (Å²) >= 11 is 0. The molecule has 0 aromatic rings. The number of fused-ring (bicyclic) bond motifs is 1. The molecule has 12 nitrogen and oxygen atoms in total. The maximum Gasteiger partial charge on any atom is 0.364 e. The molecule has 6 N–H and O–H groups in total. The van der Waals surface area contributed by atoms with Crippen LogP contribution in [0.15, 0.2) is 12.3 Å². The second-order valence-corrected chi connectivity index (χ2v) is 11.1. The van der Waals surface area contributed by atoms with E-state index in [0.29, 0.717) is 32.2 Å². The topological polar surface area (TPSA) is 156 Å². The highest BCUT2D eigenvalue weighted by Crippen LogP contribution is 2.23. The number of unbranched alkanes of at least 4 members (excludes halogenated alkanes) is 2. The molecule has 3 heterocycles. The minimum Gasteiger partial charge on any atom is -0.477 e. The highest BCUT2D eigenvalue weighted by atomic mass is 16.5. The van der Waals surface area contributed by atoms with Crippen LogP contribution < -0.4 is 21.2 Å². The first-order chi connectivity index (χ1) is 18.7. The summed E-state index contributed by atoms with van der Waals surface area (Å²) in [6.45, 7) is 7.46. The van der Waals surface area contributed by atoms with E-state index in [2.05, 4.69) is 24.6 Å². The number of carboxylic acid groups (broad SMARTS) is 1. The van der Waals surface area contributed by atoms with Crippen molar-refractivity contribution in [1.82, 2.24) is 26.2 Å². The first kappa shape index (κ1) is 30.8. The molecule has 220 valence electrons. The van der Waals surface area contributed by atoms with Crippen LogP contribution >= 0.6 is 0 Å². The number of carbonyl (C=O) groups excluding carboxylic acids is 3. The van der Waals surface area contributed by atoms with Crippen LogP contribution in [0.2, 0.25) is 0 Å². The summed E-state index contributed by atoms with van der Waals surface area (Å²) < 4.78 is 0. The minimum atomic E-state index is -0.841. The van der Waals surface area contributed by atoms with E-state index in [0.717, 1.165) is 43.7 Å². The van der Waals surface area contributed by atoms with Crippen LogP contribution in [0.25, 0.3) is 0 Å². The zero-order chi connectivity index (χ0) is 28.5. The van der Waals surface area contributed by atoms with Crippen molar-refractivity contribution in [2.24, 2.45) is 11.8 Å². The predicted molar refractivity (Wildman–Crippen MR) is 143 cm³/mol. The van der Waals surface area contributed by atoms with Crippen LogP contribution in [-0.4, -0.2) is 81.3 Å². The molecule has 2 fully saturated rings. The Morgan fingerprint density at radius 2 is 1.92 bits per heavy atom. The average Bonchev–Trinajstić information content (AvgIpc) is 3.38. The van der Waals surface area contributed by atoms with Crippen LogP contribution in [-0.2, 0) is 19.2 Å². The largest absolute Gasteiger partial charge is 0.477 e. The Bertz CT molecular complexity index is 900. The number of nitrogens with zero attached hydrogens (tertiary/aromatic N) is 2. The molecule has 0 aromatic heterocycles. The summed E-state index contributed by atoms with van der Waals surface area (Å²) in [6, 6.07) is -1.89. The molecule has 3 rings (SSSR count). The van der Waals surface area contributed by atoms with Gasteiger partial charge >= 0.3 is 5.97 Å². The lowest BCUT2D eigenvalue weighted by Gasteiger charge is -2.42. The number of nitrogens with one attached hydrogen (secondary N) is 4. The van der Waals surface area contributed by atoms with Crippen molar-refractivity contribution in [3.63, 3.8) is 0 Å². The Morgan fingerprint density at radius 3 is 2.59 bits per heavy atom. The maximum atomic E-state index is 13.8. The zero-order valence-electron chi connectivity index (χ0n) is 23.5. The summed E-state index contributed by atoms with van der Waals surface area (Å²) in [7, 11) is 0. The van der Waals surface area contributed by atoms with E-state index in [1.165, 1.54) is 5.01 Å². The van der Waals surface area contributed by atoms with Gasteiger partial charge in [0.15, 0.2) is 6.04 Å². The molecule has 12 heteroatoms. The lowest BCUT2D eigenvalue weighted by molar-refractivity contribution is -1.04. The Hall–Kier alpha value is -2.70. The molecule has 7 unspecified atom stereocenters. The number of rotatable bonds is 13. The summed E-state index contributed by atoms with van der Waals surface area (Å²) in [5.74, 6) is -2.66. The van der Waals surface area contributed by atoms with Gasteiger partial charge in [-0.2, -0.15) is 0 Å². The van der Waals surface area contributed by atoms with E-state index >= 15 is 0 Å². The van der Waals surface area contributed by atoms with Crippen LogP contribution in [0.4, 0.5) is 0 Å². The molecule has 0 bridgehead atoms. The highest BCUT2D eigenvalue weighted by Gasteiger charge is 2.49. The number of hydrazine groups is 1. The summed E-state index contributed by atoms with van der Waals surface area (Å²) in [4.78, 5) is 51.5. The smallest absolute Gasteiger partial charge is 0.364 e. The van der Waals surface area contributed by atoms with Gasteiger partial charge in [-0.3, -0.25) is 24.6 Å². The number of quaternary nitrogens is 1. The number of carbonyl (C=O) groups is 4. The second kappa shape index (κ2) is 14.6. The Morgan fingerprint density at radius 1 is 1.15 bits per heavy atom. The molecule has 0 saturated carbocycles. The van der Waals surface area contributed by atoms with Crippen molar-refractivity contribution >= 4 is 23.7 Å². The molecule has 7 atom stereocenters. The molecular formula is C27H47N6O6+. The van der Waals surface area contributed by atoms with Gasteiger partial charge in [0.1, 0.15) is 6.04 Å². The molecular weight excluding hydrogens is 504 g/mol. The van der Waals surface area contributed by atoms with Gasteiger partial charge in [0.25, 0.3) is 0 Å². The SMILES string of the molecule is CCCCCC(CC(=O)NO)C(=O)N1NCCCC1C(=O)NC(C(C)CC)C1C=CN2CCCC(C(=O)O)[NH+]12. The number of hydrogen-bond acceptors (Lipinski definition) is 7. The number of hydrogen-bond donors (Lipinski definition) is 6. The molecule has 0 spiro atoms. The van der Waals surface area contributed by atoms with Gasteiger partial charge in [-0.1, -0.05) is 46.5 Å². The number of hydroxylamine groups is 1. The molecule has 0 radical (unpaired) electrons. The molecule has 3 aliphatic rings. The van der Waals surface area contributed by atoms with E-state index in [1.807, 2.05) is 24.2 Å². The minimum absolute atomic E-state index is 0.0724. The van der Waals surface area contributed by atoms with E-state index in [-0.39, 0.29) is 36.2 Å². The zero-order valence-corrected chi connectivity index (χ0v) is 23.5. The third-order valence-corrected chi connectivity index (χ3v) is 8.50. The quantitative estimate of drug-likeness (QED) is 0.109. The highest BCUT2D eigenvalue weighted by molar-refractivity contribution is 5.90. The number of amides is 3. The lowest BCUT2D eigenvalue weighted by Crippen LogP contribution is -3.25. The molecule has 0 aliphatic carbocycles. The lowest BCUT2D eigenvalue weighted by atomic mass is 9.90. The molecule has 3 aliphatic heterocycles. The van der Waals surface area contributed by atoms with Crippen molar-refractivity contribution in [1.29, 1.82) is 0 Å². The van der Waals surface area contributed by atoms with Crippen LogP contribution in [0.5, 0.6) is 0 Å². The van der Waals surface area contributed by atoms with E-state index in [4.69, 9.17) is 5.21 Å². The van der Waals surface area contributed by atoms with Gasteiger partial charge in [0.05, 0.1) is 18.8 Å². The van der Waals surface area contributed by atoms with Crippen molar-refractivity contribution in [3.05, 3.63) is 12.3 Å². The number of aliphatic carboxylic acids is 1. The van der Waals surface area contributed by atoms with Crippen molar-refractivity contribution in [2.75, 3.05) is 13.1 Å². The second-order valence-electron chi connectivity index (χ2n) is 11.1. The van der Waals surface area contributed by atoms with E-state index in [9.17, 15) is 24.3 Å². The third-order valence-electron chi connectivity index (χ3n) is 8.50. The molecule has 39 heavy (non-hydrogen) atoms. The van der Waals surface area contributed by atoms with E-state index < -0.39 is 29.9 Å². The van der Waals surface area contributed by atoms with Gasteiger partial charge in [0, 0.05) is 25.3 Å². The van der Waals surface area contributed by atoms with Crippen molar-refractivity contribution in [2.45, 2.75) is 109 Å². The maximum absolute atomic E-state index is 13.8. The molecule has 3 amide bonds. The van der Waals surface area contributed by atoms with Crippen molar-refractivity contribution in [3.8, 4) is 0 Å². The fourth-order valence-corrected chi connectivity index (χ4v) is 6.11. The third kappa shape index (κ3) is 7.49. The van der Waals surface area contributed by atoms with Gasteiger partial charge in [-0.05, 0) is 37.7 Å². The van der Waals surface area contributed by atoms with Gasteiger partial charge in [-0.25, -0.2) is 25.7 Å². The Kier molecular flexibility index (Phi) is 11.6. The summed E-state index contributed by atoms with van der Waals surface area (Å²) in [5, 5.41) is 26.4. The fourth-order valence-electron chi connectivity index (χ4n) is 6.11. The van der Waals surface area contributed by atoms with Crippen LogP contribution in [0, 0.1) is 11.8 Å².